The third kappa shape index (κ3) is 3.94. The molecule has 0 spiro atoms. The minimum absolute atomic E-state index is 0.0152. The number of hydrogen-bond acceptors (Lipinski definition) is 4. The third-order valence-corrected chi connectivity index (χ3v) is 3.77. The Bertz CT molecular complexity index is 690. The molecular weight excluding hydrogens is 306 g/mol. The van der Waals surface area contributed by atoms with Crippen LogP contribution >= 0.6 is 0 Å². The van der Waals surface area contributed by atoms with Crippen LogP contribution in [0.5, 0.6) is 5.75 Å². The molecule has 0 aliphatic heterocycles. The van der Waals surface area contributed by atoms with Gasteiger partial charge in [0.25, 0.3) is 5.91 Å². The number of methoxy groups -OCH3 is 1. The van der Waals surface area contributed by atoms with E-state index in [9.17, 15) is 9.90 Å². The maximum absolute atomic E-state index is 12.7. The SMILES string of the molecule is COc1ccc(-n2nc(C(=O)N(CC(C)O)C(C)C)cc2C)cc1. The third-order valence-electron chi connectivity index (χ3n) is 3.77. The van der Waals surface area contributed by atoms with E-state index in [0.717, 1.165) is 17.1 Å². The Labute approximate surface area is 142 Å². The van der Waals surface area contributed by atoms with Crippen molar-refractivity contribution in [1.82, 2.24) is 14.7 Å². The zero-order valence-corrected chi connectivity index (χ0v) is 14.9. The first-order valence-corrected chi connectivity index (χ1v) is 8.03. The molecule has 0 aliphatic carbocycles. The number of carbonyl (C=O) groups excluding carboxylic acids is 1. The second-order valence-electron chi connectivity index (χ2n) is 6.18. The van der Waals surface area contributed by atoms with Gasteiger partial charge in [0.05, 0.1) is 18.9 Å². The topological polar surface area (TPSA) is 67.6 Å². The molecule has 0 radical (unpaired) electrons. The molecule has 1 heterocycles. The lowest BCUT2D eigenvalue weighted by Crippen LogP contribution is -2.41. The molecular formula is C18H25N3O3. The predicted molar refractivity (Wildman–Crippen MR) is 92.7 cm³/mol. The number of aliphatic hydroxyl groups excluding tert-OH is 1. The highest BCUT2D eigenvalue weighted by Crippen LogP contribution is 2.18. The van der Waals surface area contributed by atoms with Crippen molar-refractivity contribution in [3.8, 4) is 11.4 Å². The molecule has 1 N–H and O–H groups in total. The van der Waals surface area contributed by atoms with Crippen molar-refractivity contribution >= 4 is 5.91 Å². The Morgan fingerprint density at radius 3 is 2.42 bits per heavy atom. The summed E-state index contributed by atoms with van der Waals surface area (Å²) in [6.07, 6.45) is -0.582. The molecule has 1 aromatic heterocycles. The average molecular weight is 331 g/mol. The molecule has 130 valence electrons. The van der Waals surface area contributed by atoms with Crippen LogP contribution in [-0.4, -0.2) is 51.5 Å². The van der Waals surface area contributed by atoms with Crippen LogP contribution in [0.25, 0.3) is 5.69 Å². The van der Waals surface area contributed by atoms with Crippen molar-refractivity contribution in [3.05, 3.63) is 41.7 Å². The number of hydrogen-bond donors (Lipinski definition) is 1. The average Bonchev–Trinajstić information content (AvgIpc) is 2.93. The molecule has 0 bridgehead atoms. The van der Waals surface area contributed by atoms with Gasteiger partial charge in [-0.15, -0.1) is 0 Å². The van der Waals surface area contributed by atoms with E-state index in [2.05, 4.69) is 5.10 Å². The first-order valence-electron chi connectivity index (χ1n) is 8.03. The molecule has 1 unspecified atom stereocenters. The number of nitrogens with zero attached hydrogens (tertiary/aromatic N) is 3. The molecule has 6 nitrogen and oxygen atoms in total. The van der Waals surface area contributed by atoms with Crippen molar-refractivity contribution in [2.24, 2.45) is 0 Å². The lowest BCUT2D eigenvalue weighted by atomic mass is 10.2. The van der Waals surface area contributed by atoms with E-state index >= 15 is 0 Å². The van der Waals surface area contributed by atoms with Gasteiger partial charge in [0.1, 0.15) is 5.75 Å². The number of aromatic nitrogens is 2. The summed E-state index contributed by atoms with van der Waals surface area (Å²) in [6.45, 7) is 7.71. The zero-order chi connectivity index (χ0) is 17.9. The van der Waals surface area contributed by atoms with Crippen molar-refractivity contribution in [3.63, 3.8) is 0 Å². The molecule has 6 heteroatoms. The van der Waals surface area contributed by atoms with Crippen LogP contribution in [0.1, 0.15) is 37.0 Å². The van der Waals surface area contributed by atoms with Gasteiger partial charge in [-0.25, -0.2) is 4.68 Å². The lowest BCUT2D eigenvalue weighted by Gasteiger charge is -2.27. The van der Waals surface area contributed by atoms with E-state index in [0.29, 0.717) is 5.69 Å². The Morgan fingerprint density at radius 2 is 1.92 bits per heavy atom. The summed E-state index contributed by atoms with van der Waals surface area (Å²) in [4.78, 5) is 14.4. The van der Waals surface area contributed by atoms with Crippen LogP contribution in [0.15, 0.2) is 30.3 Å². The van der Waals surface area contributed by atoms with E-state index in [4.69, 9.17) is 4.74 Å². The van der Waals surface area contributed by atoms with Gasteiger partial charge in [-0.1, -0.05) is 0 Å². The molecule has 2 aromatic rings. The Hall–Kier alpha value is -2.34. The lowest BCUT2D eigenvalue weighted by molar-refractivity contribution is 0.0572. The summed E-state index contributed by atoms with van der Waals surface area (Å²) in [7, 11) is 1.62. The van der Waals surface area contributed by atoms with Crippen molar-refractivity contribution in [2.75, 3.05) is 13.7 Å². The summed E-state index contributed by atoms with van der Waals surface area (Å²) in [5.74, 6) is 0.587. The molecule has 0 saturated heterocycles. The largest absolute Gasteiger partial charge is 0.497 e. The highest BCUT2D eigenvalue weighted by atomic mass is 16.5. The normalized spacial score (nSPS) is 12.3. The van der Waals surface area contributed by atoms with Gasteiger partial charge in [-0.3, -0.25) is 4.79 Å². The molecule has 1 amide bonds. The monoisotopic (exact) mass is 331 g/mol. The summed E-state index contributed by atoms with van der Waals surface area (Å²) in [5.41, 5.74) is 2.10. The Kier molecular flexibility index (Phi) is 5.62. The van der Waals surface area contributed by atoms with Crippen LogP contribution in [0.4, 0.5) is 0 Å². The first kappa shape index (κ1) is 18.0. The molecule has 0 aliphatic rings. The van der Waals surface area contributed by atoms with Gasteiger partial charge in [-0.2, -0.15) is 5.10 Å². The Morgan fingerprint density at radius 1 is 1.29 bits per heavy atom. The number of rotatable bonds is 6. The van der Waals surface area contributed by atoms with Crippen LogP contribution in [0.3, 0.4) is 0 Å². The number of benzene rings is 1. The summed E-state index contributed by atoms with van der Waals surface area (Å²) < 4.78 is 6.89. The van der Waals surface area contributed by atoms with Gasteiger partial charge in [0.15, 0.2) is 5.69 Å². The fourth-order valence-corrected chi connectivity index (χ4v) is 2.52. The van der Waals surface area contributed by atoms with Crippen LogP contribution in [0.2, 0.25) is 0 Å². The summed E-state index contributed by atoms with van der Waals surface area (Å²) in [6, 6.07) is 9.24. The zero-order valence-electron chi connectivity index (χ0n) is 14.9. The number of amides is 1. The second kappa shape index (κ2) is 7.49. The van der Waals surface area contributed by atoms with Crippen molar-refractivity contribution in [1.29, 1.82) is 0 Å². The van der Waals surface area contributed by atoms with Crippen LogP contribution in [0, 0.1) is 6.92 Å². The van der Waals surface area contributed by atoms with Crippen molar-refractivity contribution in [2.45, 2.75) is 39.8 Å². The van der Waals surface area contributed by atoms with Gasteiger partial charge in [0, 0.05) is 18.3 Å². The fraction of sp³-hybridized carbons (Fsp3) is 0.444. The maximum atomic E-state index is 12.7. The number of aliphatic hydroxyl groups is 1. The maximum Gasteiger partial charge on any atom is 0.274 e. The van der Waals surface area contributed by atoms with E-state index in [1.807, 2.05) is 45.0 Å². The van der Waals surface area contributed by atoms with Gasteiger partial charge in [0.2, 0.25) is 0 Å². The van der Waals surface area contributed by atoms with Gasteiger partial charge >= 0.3 is 0 Å². The molecule has 0 saturated carbocycles. The highest BCUT2D eigenvalue weighted by Gasteiger charge is 2.23. The number of carbonyl (C=O) groups is 1. The smallest absolute Gasteiger partial charge is 0.274 e. The van der Waals surface area contributed by atoms with E-state index < -0.39 is 6.10 Å². The molecule has 0 fully saturated rings. The summed E-state index contributed by atoms with van der Waals surface area (Å²) >= 11 is 0. The molecule has 1 atom stereocenters. The van der Waals surface area contributed by atoms with E-state index in [1.165, 1.54) is 0 Å². The van der Waals surface area contributed by atoms with Gasteiger partial charge < -0.3 is 14.7 Å². The van der Waals surface area contributed by atoms with Crippen LogP contribution < -0.4 is 4.74 Å². The van der Waals surface area contributed by atoms with E-state index in [-0.39, 0.29) is 18.5 Å². The molecule has 2 rings (SSSR count). The minimum Gasteiger partial charge on any atom is -0.497 e. The molecule has 24 heavy (non-hydrogen) atoms. The first-order chi connectivity index (χ1) is 11.3. The standard InChI is InChI=1S/C18H25N3O3/c1-12(2)20(11-14(4)22)18(23)17-10-13(3)21(19-17)15-6-8-16(24-5)9-7-15/h6-10,12,14,22H,11H2,1-5H3. The second-order valence-corrected chi connectivity index (χ2v) is 6.18. The molecule has 1 aromatic carbocycles. The fourth-order valence-electron chi connectivity index (χ4n) is 2.52. The summed E-state index contributed by atoms with van der Waals surface area (Å²) in [5, 5.41) is 14.1. The minimum atomic E-state index is -0.582. The van der Waals surface area contributed by atoms with Gasteiger partial charge in [-0.05, 0) is 58.0 Å². The Balaban J connectivity index is 2.30. The highest BCUT2D eigenvalue weighted by molar-refractivity contribution is 5.92. The number of aryl methyl sites for hydroxylation is 1. The van der Waals surface area contributed by atoms with Crippen molar-refractivity contribution < 1.29 is 14.6 Å². The number of ether oxygens (including phenoxy) is 1. The van der Waals surface area contributed by atoms with Crippen LogP contribution in [-0.2, 0) is 0 Å². The quantitative estimate of drug-likeness (QED) is 0.883. The van der Waals surface area contributed by atoms with E-state index in [1.54, 1.807) is 29.7 Å². The predicted octanol–water partition coefficient (Wildman–Crippen LogP) is 2.42.